The molecule has 1 saturated carbocycles. The van der Waals surface area contributed by atoms with Crippen LogP contribution in [0.2, 0.25) is 0 Å². The van der Waals surface area contributed by atoms with Gasteiger partial charge >= 0.3 is 6.09 Å². The summed E-state index contributed by atoms with van der Waals surface area (Å²) >= 11 is 0. The van der Waals surface area contributed by atoms with Crippen molar-refractivity contribution in [2.45, 2.75) is 45.9 Å². The van der Waals surface area contributed by atoms with Gasteiger partial charge < -0.3 is 15.0 Å². The fraction of sp³-hybridized carbons (Fsp3) is 0.611. The van der Waals surface area contributed by atoms with Crippen LogP contribution < -0.4 is 5.32 Å². The largest absolute Gasteiger partial charge is 0.444 e. The Morgan fingerprint density at radius 3 is 2.61 bits per heavy atom. The quantitative estimate of drug-likeness (QED) is 0.930. The molecule has 1 saturated heterocycles. The topological polar surface area (TPSA) is 41.6 Å². The summed E-state index contributed by atoms with van der Waals surface area (Å²) in [5, 5.41) is 3.43. The van der Waals surface area contributed by atoms with Crippen molar-refractivity contribution in [2.75, 3.05) is 13.1 Å². The smallest absolute Gasteiger partial charge is 0.410 e. The lowest BCUT2D eigenvalue weighted by Crippen LogP contribution is -2.39. The summed E-state index contributed by atoms with van der Waals surface area (Å²) in [6, 6.07) is 5.56. The number of aryl methyl sites for hydroxylation is 1. The molecule has 1 aromatic carbocycles. The zero-order valence-electron chi connectivity index (χ0n) is 14.2. The molecule has 2 unspecified atom stereocenters. The van der Waals surface area contributed by atoms with Crippen LogP contribution in [0.5, 0.6) is 0 Å². The highest BCUT2D eigenvalue weighted by Crippen LogP contribution is 2.45. The first-order chi connectivity index (χ1) is 10.7. The maximum atomic E-state index is 13.7. The van der Waals surface area contributed by atoms with E-state index in [0.29, 0.717) is 30.0 Å². The lowest BCUT2D eigenvalue weighted by Gasteiger charge is -2.26. The Hall–Kier alpha value is -1.62. The number of fused-ring (bicyclic) bond motifs is 1. The summed E-state index contributed by atoms with van der Waals surface area (Å²) in [7, 11) is 0. The summed E-state index contributed by atoms with van der Waals surface area (Å²) in [4.78, 5) is 13.8. The van der Waals surface area contributed by atoms with E-state index < -0.39 is 5.60 Å². The second kappa shape index (κ2) is 5.78. The standard InChI is InChI=1S/C18H25FN2O2/c1-11-5-6-15(19)12(7-11)8-20-16-13-9-21(10-14(13)16)17(22)23-18(2,3)4/h5-7,13-14,16,20H,8-10H2,1-4H3. The third-order valence-electron chi connectivity index (χ3n) is 4.58. The monoisotopic (exact) mass is 320 g/mol. The van der Waals surface area contributed by atoms with E-state index in [1.165, 1.54) is 6.07 Å². The summed E-state index contributed by atoms with van der Waals surface area (Å²) < 4.78 is 19.1. The lowest BCUT2D eigenvalue weighted by molar-refractivity contribution is 0.0269. The highest BCUT2D eigenvalue weighted by molar-refractivity contribution is 5.69. The van der Waals surface area contributed by atoms with Crippen molar-refractivity contribution in [1.82, 2.24) is 10.2 Å². The second-order valence-electron chi connectivity index (χ2n) is 7.71. The van der Waals surface area contributed by atoms with E-state index in [4.69, 9.17) is 4.74 Å². The molecule has 2 atom stereocenters. The number of amides is 1. The molecule has 1 aliphatic carbocycles. The molecule has 1 heterocycles. The minimum absolute atomic E-state index is 0.163. The fourth-order valence-electron chi connectivity index (χ4n) is 3.37. The molecule has 0 bridgehead atoms. The molecule has 2 fully saturated rings. The molecule has 1 amide bonds. The molecule has 1 N–H and O–H groups in total. The van der Waals surface area contributed by atoms with Gasteiger partial charge in [0.15, 0.2) is 0 Å². The predicted molar refractivity (Wildman–Crippen MR) is 86.6 cm³/mol. The van der Waals surface area contributed by atoms with Crippen molar-refractivity contribution in [3.8, 4) is 0 Å². The normalized spacial score (nSPS) is 26.1. The SMILES string of the molecule is Cc1ccc(F)c(CNC2C3CN(C(=O)OC(C)(C)C)CC32)c1. The van der Waals surface area contributed by atoms with Crippen molar-refractivity contribution in [1.29, 1.82) is 0 Å². The lowest BCUT2D eigenvalue weighted by atomic mass is 10.1. The van der Waals surface area contributed by atoms with Crippen LogP contribution in [-0.4, -0.2) is 35.7 Å². The van der Waals surface area contributed by atoms with Crippen molar-refractivity contribution in [2.24, 2.45) is 11.8 Å². The van der Waals surface area contributed by atoms with Gasteiger partial charge in [0.05, 0.1) is 0 Å². The zero-order chi connectivity index (χ0) is 16.8. The second-order valence-corrected chi connectivity index (χ2v) is 7.71. The van der Waals surface area contributed by atoms with Gasteiger partial charge in [-0.05, 0) is 45.6 Å². The van der Waals surface area contributed by atoms with Crippen LogP contribution in [0.25, 0.3) is 0 Å². The van der Waals surface area contributed by atoms with Gasteiger partial charge in [-0.15, -0.1) is 0 Å². The Balaban J connectivity index is 1.47. The summed E-state index contributed by atoms with van der Waals surface area (Å²) in [5.41, 5.74) is 1.32. The van der Waals surface area contributed by atoms with Crippen LogP contribution in [0, 0.1) is 24.6 Å². The minimum Gasteiger partial charge on any atom is -0.444 e. The number of carbonyl (C=O) groups excluding carboxylic acids is 1. The number of nitrogens with one attached hydrogen (secondary N) is 1. The molecule has 1 aliphatic heterocycles. The van der Waals surface area contributed by atoms with Crippen molar-refractivity contribution in [3.05, 3.63) is 35.1 Å². The van der Waals surface area contributed by atoms with Gasteiger partial charge in [-0.1, -0.05) is 17.7 Å². The van der Waals surface area contributed by atoms with Crippen LogP contribution >= 0.6 is 0 Å². The van der Waals surface area contributed by atoms with E-state index in [1.54, 1.807) is 11.0 Å². The number of nitrogens with zero attached hydrogens (tertiary/aromatic N) is 1. The molecule has 1 aromatic rings. The van der Waals surface area contributed by atoms with Gasteiger partial charge in [0.2, 0.25) is 0 Å². The molecule has 4 nitrogen and oxygen atoms in total. The van der Waals surface area contributed by atoms with Gasteiger partial charge in [0.25, 0.3) is 0 Å². The Kier molecular flexibility index (Phi) is 4.08. The van der Waals surface area contributed by atoms with Crippen LogP contribution in [0.15, 0.2) is 18.2 Å². The number of hydrogen-bond acceptors (Lipinski definition) is 3. The molecule has 3 rings (SSSR count). The van der Waals surface area contributed by atoms with Crippen molar-refractivity contribution >= 4 is 6.09 Å². The van der Waals surface area contributed by atoms with Crippen LogP contribution in [0.4, 0.5) is 9.18 Å². The fourth-order valence-corrected chi connectivity index (χ4v) is 3.37. The maximum absolute atomic E-state index is 13.7. The molecule has 2 aliphatic rings. The molecular formula is C18H25FN2O2. The molecule has 5 heteroatoms. The summed E-state index contributed by atoms with van der Waals surface area (Å²) in [6.07, 6.45) is -0.229. The molecule has 23 heavy (non-hydrogen) atoms. The van der Waals surface area contributed by atoms with Crippen LogP contribution in [0.1, 0.15) is 31.9 Å². The summed E-state index contributed by atoms with van der Waals surface area (Å²) in [6.45, 7) is 9.60. The molecule has 0 spiro atoms. The van der Waals surface area contributed by atoms with Crippen molar-refractivity contribution in [3.63, 3.8) is 0 Å². The third kappa shape index (κ3) is 3.66. The minimum atomic E-state index is -0.454. The molecule has 0 aromatic heterocycles. The predicted octanol–water partition coefficient (Wildman–Crippen LogP) is 3.09. The number of benzene rings is 1. The number of piperidine rings is 1. The third-order valence-corrected chi connectivity index (χ3v) is 4.58. The van der Waals surface area contributed by atoms with Gasteiger partial charge in [-0.25, -0.2) is 9.18 Å². The Morgan fingerprint density at radius 1 is 1.35 bits per heavy atom. The van der Waals surface area contributed by atoms with Crippen LogP contribution in [0.3, 0.4) is 0 Å². The molecular weight excluding hydrogens is 295 g/mol. The highest BCUT2D eigenvalue weighted by atomic mass is 19.1. The molecule has 0 radical (unpaired) electrons. The Bertz CT molecular complexity index is 600. The Morgan fingerprint density at radius 2 is 2.00 bits per heavy atom. The highest BCUT2D eigenvalue weighted by Gasteiger charge is 2.56. The van der Waals surface area contributed by atoms with Crippen molar-refractivity contribution < 1.29 is 13.9 Å². The number of rotatable bonds is 3. The number of carbonyl (C=O) groups is 1. The number of likely N-dealkylation sites (tertiary alicyclic amines) is 1. The number of hydrogen-bond donors (Lipinski definition) is 1. The van der Waals surface area contributed by atoms with Gasteiger partial charge in [-0.2, -0.15) is 0 Å². The number of halogens is 1. The van der Waals surface area contributed by atoms with E-state index >= 15 is 0 Å². The van der Waals surface area contributed by atoms with E-state index in [9.17, 15) is 9.18 Å². The van der Waals surface area contributed by atoms with E-state index in [2.05, 4.69) is 5.32 Å². The van der Waals surface area contributed by atoms with Gasteiger partial charge in [-0.3, -0.25) is 0 Å². The van der Waals surface area contributed by atoms with Crippen LogP contribution in [-0.2, 0) is 11.3 Å². The Labute approximate surface area is 137 Å². The first-order valence-corrected chi connectivity index (χ1v) is 8.21. The number of ether oxygens (including phenoxy) is 1. The average Bonchev–Trinajstić information content (AvgIpc) is 2.89. The first-order valence-electron chi connectivity index (χ1n) is 8.21. The summed E-state index contributed by atoms with van der Waals surface area (Å²) in [5.74, 6) is 0.773. The molecule has 126 valence electrons. The van der Waals surface area contributed by atoms with Gasteiger partial charge in [0.1, 0.15) is 11.4 Å². The maximum Gasteiger partial charge on any atom is 0.410 e. The van der Waals surface area contributed by atoms with E-state index in [1.807, 2.05) is 33.8 Å². The first kappa shape index (κ1) is 16.2. The van der Waals surface area contributed by atoms with Gasteiger partial charge in [0, 0.05) is 31.2 Å². The average molecular weight is 320 g/mol. The van der Waals surface area contributed by atoms with E-state index in [0.717, 1.165) is 18.7 Å². The zero-order valence-corrected chi connectivity index (χ0v) is 14.2. The van der Waals surface area contributed by atoms with E-state index in [-0.39, 0.29) is 11.9 Å².